The first kappa shape index (κ1) is 20.2. The second-order valence-electron chi connectivity index (χ2n) is 7.66. The number of para-hydroxylation sites is 1. The van der Waals surface area contributed by atoms with E-state index in [0.29, 0.717) is 24.6 Å². The molecule has 2 aromatic rings. The van der Waals surface area contributed by atoms with Crippen LogP contribution in [0.5, 0.6) is 11.5 Å². The van der Waals surface area contributed by atoms with Crippen molar-refractivity contribution in [3.05, 3.63) is 53.1 Å². The van der Waals surface area contributed by atoms with E-state index in [1.807, 2.05) is 46.2 Å². The van der Waals surface area contributed by atoms with E-state index in [1.165, 1.54) is 5.56 Å². The van der Waals surface area contributed by atoms with E-state index in [2.05, 4.69) is 0 Å². The SMILES string of the molecule is COc1cc2c(cc1OC)C(CC(=O)O)N(CC(=O)N1CCc3ccccc31)CC2. The molecule has 1 N–H and O–H groups in total. The van der Waals surface area contributed by atoms with Crippen LogP contribution >= 0.6 is 0 Å². The number of hydrogen-bond acceptors (Lipinski definition) is 5. The summed E-state index contributed by atoms with van der Waals surface area (Å²) in [6, 6.07) is 11.3. The van der Waals surface area contributed by atoms with Gasteiger partial charge in [0.2, 0.25) is 5.91 Å². The Morgan fingerprint density at radius 2 is 1.73 bits per heavy atom. The van der Waals surface area contributed by atoms with Crippen LogP contribution in [0.25, 0.3) is 0 Å². The van der Waals surface area contributed by atoms with Gasteiger partial charge in [0.05, 0.1) is 27.2 Å². The maximum Gasteiger partial charge on any atom is 0.305 e. The number of carbonyl (C=O) groups excluding carboxylic acids is 1. The minimum absolute atomic E-state index is 0.000680. The fourth-order valence-corrected chi connectivity index (χ4v) is 4.53. The Kier molecular flexibility index (Phi) is 5.63. The summed E-state index contributed by atoms with van der Waals surface area (Å²) in [6.07, 6.45) is 1.49. The highest BCUT2D eigenvalue weighted by atomic mass is 16.5. The van der Waals surface area contributed by atoms with Gasteiger partial charge in [-0.1, -0.05) is 18.2 Å². The third kappa shape index (κ3) is 3.73. The maximum atomic E-state index is 13.1. The zero-order valence-electron chi connectivity index (χ0n) is 17.3. The van der Waals surface area contributed by atoms with Gasteiger partial charge in [0.15, 0.2) is 11.5 Å². The van der Waals surface area contributed by atoms with E-state index in [9.17, 15) is 14.7 Å². The lowest BCUT2D eigenvalue weighted by molar-refractivity contribution is -0.139. The molecular weight excluding hydrogens is 384 g/mol. The van der Waals surface area contributed by atoms with Crippen LogP contribution in [0.15, 0.2) is 36.4 Å². The van der Waals surface area contributed by atoms with Gasteiger partial charge < -0.3 is 19.5 Å². The number of fused-ring (bicyclic) bond motifs is 2. The number of rotatable bonds is 6. The van der Waals surface area contributed by atoms with Crippen LogP contribution in [0.4, 0.5) is 5.69 Å². The zero-order chi connectivity index (χ0) is 21.3. The second-order valence-corrected chi connectivity index (χ2v) is 7.66. The molecule has 0 aromatic heterocycles. The first-order valence-corrected chi connectivity index (χ1v) is 10.1. The number of aliphatic carboxylic acids is 1. The highest BCUT2D eigenvalue weighted by Crippen LogP contribution is 2.39. The molecule has 0 bridgehead atoms. The van der Waals surface area contributed by atoms with E-state index in [1.54, 1.807) is 14.2 Å². The standard InChI is InChI=1S/C23H26N2O5/c1-29-20-11-16-7-9-24(19(13-23(27)28)17(16)12-21(20)30-2)14-22(26)25-10-8-15-5-3-4-6-18(15)25/h3-6,11-12,19H,7-10,13-14H2,1-2H3,(H,27,28). The van der Waals surface area contributed by atoms with E-state index < -0.39 is 12.0 Å². The molecule has 1 atom stereocenters. The van der Waals surface area contributed by atoms with Gasteiger partial charge in [-0.15, -0.1) is 0 Å². The lowest BCUT2D eigenvalue weighted by Crippen LogP contribution is -2.44. The summed E-state index contributed by atoms with van der Waals surface area (Å²) in [7, 11) is 3.14. The molecule has 0 saturated carbocycles. The minimum Gasteiger partial charge on any atom is -0.493 e. The van der Waals surface area contributed by atoms with Crippen LogP contribution in [-0.2, 0) is 22.4 Å². The number of carboxylic acids is 1. The van der Waals surface area contributed by atoms with E-state index in [-0.39, 0.29) is 18.9 Å². The molecule has 0 spiro atoms. The quantitative estimate of drug-likeness (QED) is 0.789. The molecule has 2 heterocycles. The Hall–Kier alpha value is -3.06. The van der Waals surface area contributed by atoms with Gasteiger partial charge in [0.25, 0.3) is 0 Å². The van der Waals surface area contributed by atoms with Crippen LogP contribution in [0, 0.1) is 0 Å². The summed E-state index contributed by atoms with van der Waals surface area (Å²) in [6.45, 7) is 1.46. The molecule has 4 rings (SSSR count). The molecule has 1 amide bonds. The number of hydrogen-bond donors (Lipinski definition) is 1. The normalized spacial score (nSPS) is 17.9. The molecule has 2 aromatic carbocycles. The summed E-state index contributed by atoms with van der Waals surface area (Å²) in [5.41, 5.74) is 4.06. The third-order valence-corrected chi connectivity index (χ3v) is 6.01. The Morgan fingerprint density at radius 3 is 2.47 bits per heavy atom. The summed E-state index contributed by atoms with van der Waals surface area (Å²) in [5, 5.41) is 9.53. The van der Waals surface area contributed by atoms with Gasteiger partial charge in [-0.2, -0.15) is 0 Å². The first-order valence-electron chi connectivity index (χ1n) is 10.1. The molecule has 1 unspecified atom stereocenters. The molecule has 0 fully saturated rings. The molecule has 7 nitrogen and oxygen atoms in total. The number of benzene rings is 2. The van der Waals surface area contributed by atoms with Crippen LogP contribution in [0.2, 0.25) is 0 Å². The fraction of sp³-hybridized carbons (Fsp3) is 0.391. The van der Waals surface area contributed by atoms with Crippen molar-refractivity contribution < 1.29 is 24.2 Å². The molecular formula is C23H26N2O5. The van der Waals surface area contributed by atoms with Crippen molar-refractivity contribution in [2.75, 3.05) is 38.8 Å². The van der Waals surface area contributed by atoms with E-state index in [4.69, 9.17) is 9.47 Å². The van der Waals surface area contributed by atoms with Crippen molar-refractivity contribution in [2.24, 2.45) is 0 Å². The molecule has 2 aliphatic rings. The lowest BCUT2D eigenvalue weighted by atomic mass is 9.90. The predicted octanol–water partition coefficient (Wildman–Crippen LogP) is 2.67. The molecule has 2 aliphatic heterocycles. The smallest absolute Gasteiger partial charge is 0.305 e. The van der Waals surface area contributed by atoms with Crippen molar-refractivity contribution >= 4 is 17.6 Å². The van der Waals surface area contributed by atoms with Crippen molar-refractivity contribution in [1.29, 1.82) is 0 Å². The molecule has 7 heteroatoms. The molecule has 30 heavy (non-hydrogen) atoms. The van der Waals surface area contributed by atoms with Gasteiger partial charge in [-0.3, -0.25) is 14.5 Å². The highest BCUT2D eigenvalue weighted by molar-refractivity contribution is 5.96. The number of anilines is 1. The summed E-state index contributed by atoms with van der Waals surface area (Å²) < 4.78 is 10.8. The monoisotopic (exact) mass is 410 g/mol. The van der Waals surface area contributed by atoms with Crippen molar-refractivity contribution in [3.8, 4) is 11.5 Å². The average molecular weight is 410 g/mol. The number of nitrogens with zero attached hydrogens (tertiary/aromatic N) is 2. The van der Waals surface area contributed by atoms with Crippen LogP contribution in [0.1, 0.15) is 29.2 Å². The van der Waals surface area contributed by atoms with Crippen molar-refractivity contribution in [2.45, 2.75) is 25.3 Å². The topological polar surface area (TPSA) is 79.3 Å². The highest BCUT2D eigenvalue weighted by Gasteiger charge is 2.34. The predicted molar refractivity (Wildman–Crippen MR) is 112 cm³/mol. The van der Waals surface area contributed by atoms with Crippen molar-refractivity contribution in [1.82, 2.24) is 4.90 Å². The first-order chi connectivity index (χ1) is 14.5. The van der Waals surface area contributed by atoms with E-state index >= 15 is 0 Å². The summed E-state index contributed by atoms with van der Waals surface area (Å²) in [4.78, 5) is 28.6. The minimum atomic E-state index is -0.897. The maximum absolute atomic E-state index is 13.1. The van der Waals surface area contributed by atoms with Gasteiger partial charge in [-0.05, 0) is 47.7 Å². The Labute approximate surface area is 175 Å². The van der Waals surface area contributed by atoms with Gasteiger partial charge >= 0.3 is 5.97 Å². The fourth-order valence-electron chi connectivity index (χ4n) is 4.53. The van der Waals surface area contributed by atoms with Crippen LogP contribution in [0.3, 0.4) is 0 Å². The third-order valence-electron chi connectivity index (χ3n) is 6.01. The number of amides is 1. The largest absolute Gasteiger partial charge is 0.493 e. The van der Waals surface area contributed by atoms with Crippen molar-refractivity contribution in [3.63, 3.8) is 0 Å². The molecule has 0 radical (unpaired) electrons. The van der Waals surface area contributed by atoms with Crippen LogP contribution in [-0.4, -0.2) is 55.7 Å². The Bertz CT molecular complexity index is 974. The lowest BCUT2D eigenvalue weighted by Gasteiger charge is -2.37. The second kappa shape index (κ2) is 8.36. The van der Waals surface area contributed by atoms with Gasteiger partial charge in [0, 0.05) is 24.8 Å². The summed E-state index contributed by atoms with van der Waals surface area (Å²) >= 11 is 0. The number of carboxylic acid groups (broad SMARTS) is 1. The Morgan fingerprint density at radius 1 is 1.03 bits per heavy atom. The van der Waals surface area contributed by atoms with E-state index in [0.717, 1.165) is 29.7 Å². The number of ether oxygens (including phenoxy) is 2. The molecule has 0 aliphatic carbocycles. The zero-order valence-corrected chi connectivity index (χ0v) is 17.3. The summed E-state index contributed by atoms with van der Waals surface area (Å²) in [5.74, 6) is 0.294. The average Bonchev–Trinajstić information content (AvgIpc) is 3.18. The molecule has 0 saturated heterocycles. The number of methoxy groups -OCH3 is 2. The van der Waals surface area contributed by atoms with Gasteiger partial charge in [-0.25, -0.2) is 0 Å². The number of carbonyl (C=O) groups is 2. The Balaban J connectivity index is 1.61. The molecule has 158 valence electrons. The van der Waals surface area contributed by atoms with Crippen LogP contribution < -0.4 is 14.4 Å². The van der Waals surface area contributed by atoms with Gasteiger partial charge in [0.1, 0.15) is 0 Å².